The van der Waals surface area contributed by atoms with Crippen LogP contribution in [0, 0.1) is 0 Å². The summed E-state index contributed by atoms with van der Waals surface area (Å²) in [4.78, 5) is 12.6. The molecule has 25 heavy (non-hydrogen) atoms. The first-order chi connectivity index (χ1) is 12.2. The van der Waals surface area contributed by atoms with Gasteiger partial charge in [0.1, 0.15) is 5.78 Å². The normalized spacial score (nSPS) is 17.8. The molecule has 1 atom stereocenters. The van der Waals surface area contributed by atoms with Crippen molar-refractivity contribution >= 4 is 39.5 Å². The molecular weight excluding hydrogens is 304 g/mol. The molecule has 0 N–H and O–H groups in total. The maximum atomic E-state index is 12.6. The van der Waals surface area contributed by atoms with Crippen LogP contribution in [0.1, 0.15) is 48.3 Å². The van der Waals surface area contributed by atoms with Crippen LogP contribution >= 0.6 is 0 Å². The number of rotatable bonds is 3. The van der Waals surface area contributed by atoms with Crippen molar-refractivity contribution in [3.8, 4) is 0 Å². The zero-order valence-corrected chi connectivity index (χ0v) is 14.4. The van der Waals surface area contributed by atoms with Gasteiger partial charge in [-0.1, -0.05) is 68.1 Å². The third-order valence-electron chi connectivity index (χ3n) is 5.50. The minimum absolute atomic E-state index is 0.0214. The highest BCUT2D eigenvalue weighted by atomic mass is 16.1. The van der Waals surface area contributed by atoms with Crippen molar-refractivity contribution in [3.63, 3.8) is 0 Å². The van der Waals surface area contributed by atoms with Crippen molar-refractivity contribution < 1.29 is 4.79 Å². The van der Waals surface area contributed by atoms with Crippen LogP contribution in [0.4, 0.5) is 0 Å². The Hall–Kier alpha value is -2.67. The average Bonchev–Trinajstić information content (AvgIpc) is 2.66. The predicted molar refractivity (Wildman–Crippen MR) is 108 cm³/mol. The molecule has 0 aliphatic heterocycles. The fourth-order valence-corrected chi connectivity index (χ4v) is 4.25. The number of carbonyl (C=O) groups is 1. The first-order valence-electron chi connectivity index (χ1n) is 9.00. The fourth-order valence-electron chi connectivity index (χ4n) is 4.25. The Labute approximate surface area is 148 Å². The van der Waals surface area contributed by atoms with Gasteiger partial charge in [-0.2, -0.15) is 0 Å². The highest BCUT2D eigenvalue weighted by Gasteiger charge is 2.26. The Bertz CT molecular complexity index is 1010. The second kappa shape index (κ2) is 6.33. The van der Waals surface area contributed by atoms with Gasteiger partial charge in [0.2, 0.25) is 0 Å². The number of benzene rings is 3. The smallest absolute Gasteiger partial charge is 0.140 e. The number of ketones is 1. The van der Waals surface area contributed by atoms with E-state index < -0.39 is 0 Å². The van der Waals surface area contributed by atoms with Crippen LogP contribution in [0.2, 0.25) is 0 Å². The van der Waals surface area contributed by atoms with Gasteiger partial charge < -0.3 is 0 Å². The molecule has 0 spiro atoms. The van der Waals surface area contributed by atoms with Crippen LogP contribution in [0.5, 0.6) is 0 Å². The maximum absolute atomic E-state index is 12.6. The molecule has 4 rings (SSSR count). The second-order valence-corrected chi connectivity index (χ2v) is 6.85. The van der Waals surface area contributed by atoms with Crippen LogP contribution in [0.3, 0.4) is 0 Å². The molecular formula is C24H22O. The van der Waals surface area contributed by atoms with E-state index in [-0.39, 0.29) is 5.92 Å². The van der Waals surface area contributed by atoms with E-state index in [9.17, 15) is 4.79 Å². The first kappa shape index (κ1) is 15.8. The average molecular weight is 326 g/mol. The minimum atomic E-state index is 0.0214. The number of hydrogen-bond donors (Lipinski definition) is 0. The molecule has 1 aliphatic carbocycles. The molecule has 1 saturated carbocycles. The van der Waals surface area contributed by atoms with Crippen LogP contribution in [0.15, 0.2) is 55.6 Å². The molecule has 124 valence electrons. The van der Waals surface area contributed by atoms with E-state index in [1.54, 1.807) is 0 Å². The lowest BCUT2D eigenvalue weighted by atomic mass is 9.79. The van der Waals surface area contributed by atoms with Crippen molar-refractivity contribution in [2.24, 2.45) is 0 Å². The van der Waals surface area contributed by atoms with E-state index in [4.69, 9.17) is 0 Å². The quantitative estimate of drug-likeness (QED) is 0.502. The van der Waals surface area contributed by atoms with Gasteiger partial charge in [-0.3, -0.25) is 4.79 Å². The molecule has 0 bridgehead atoms. The number of Topliss-reactive ketones (excluding diaryl/α,β-unsaturated/α-hetero) is 1. The summed E-state index contributed by atoms with van der Waals surface area (Å²) in [6, 6.07) is 14.9. The van der Waals surface area contributed by atoms with Gasteiger partial charge in [0.15, 0.2) is 0 Å². The molecule has 3 aromatic carbocycles. The van der Waals surface area contributed by atoms with E-state index >= 15 is 0 Å². The van der Waals surface area contributed by atoms with Gasteiger partial charge in [-0.15, -0.1) is 0 Å². The zero-order valence-electron chi connectivity index (χ0n) is 14.4. The summed E-state index contributed by atoms with van der Waals surface area (Å²) in [7, 11) is 0. The van der Waals surface area contributed by atoms with Crippen LogP contribution in [-0.4, -0.2) is 5.78 Å². The summed E-state index contributed by atoms with van der Waals surface area (Å²) >= 11 is 0. The van der Waals surface area contributed by atoms with E-state index in [2.05, 4.69) is 55.6 Å². The standard InChI is InChI=1S/C24H22O/c1-3-16-13-14-20-18-9-5-6-10-19(18)23(15-22(20)17(16)4-2)21-11-7-8-12-24(21)25/h3-6,9-10,13-15,21H,1-2,7-8,11-12H2. The molecule has 1 unspecified atom stereocenters. The Morgan fingerprint density at radius 2 is 1.64 bits per heavy atom. The molecule has 0 radical (unpaired) electrons. The topological polar surface area (TPSA) is 17.1 Å². The minimum Gasteiger partial charge on any atom is -0.299 e. The fraction of sp³-hybridized carbons (Fsp3) is 0.208. The van der Waals surface area contributed by atoms with E-state index in [1.807, 2.05) is 12.2 Å². The lowest BCUT2D eigenvalue weighted by Crippen LogP contribution is -2.17. The largest absolute Gasteiger partial charge is 0.299 e. The van der Waals surface area contributed by atoms with Crippen molar-refractivity contribution in [2.45, 2.75) is 31.6 Å². The van der Waals surface area contributed by atoms with Gasteiger partial charge in [0, 0.05) is 12.3 Å². The molecule has 1 heteroatoms. The molecule has 0 heterocycles. The molecule has 0 amide bonds. The summed E-state index contributed by atoms with van der Waals surface area (Å²) in [6.07, 6.45) is 7.60. The van der Waals surface area contributed by atoms with Gasteiger partial charge in [0.25, 0.3) is 0 Å². The highest BCUT2D eigenvalue weighted by molar-refractivity contribution is 6.13. The molecule has 3 aromatic rings. The van der Waals surface area contributed by atoms with Crippen molar-refractivity contribution in [1.29, 1.82) is 0 Å². The summed E-state index contributed by atoms with van der Waals surface area (Å²) in [6.45, 7) is 7.94. The molecule has 1 fully saturated rings. The zero-order chi connectivity index (χ0) is 17.4. The molecule has 1 aliphatic rings. The van der Waals surface area contributed by atoms with E-state index in [1.165, 1.54) is 27.1 Å². The Morgan fingerprint density at radius 1 is 0.880 bits per heavy atom. The third kappa shape index (κ3) is 2.51. The van der Waals surface area contributed by atoms with Crippen LogP contribution < -0.4 is 0 Å². The summed E-state index contributed by atoms with van der Waals surface area (Å²) < 4.78 is 0. The highest BCUT2D eigenvalue weighted by Crippen LogP contribution is 2.39. The van der Waals surface area contributed by atoms with Crippen molar-refractivity contribution in [2.75, 3.05) is 0 Å². The number of fused-ring (bicyclic) bond motifs is 3. The van der Waals surface area contributed by atoms with Crippen LogP contribution in [-0.2, 0) is 4.79 Å². The molecule has 1 nitrogen and oxygen atoms in total. The van der Waals surface area contributed by atoms with Gasteiger partial charge in [0.05, 0.1) is 0 Å². The van der Waals surface area contributed by atoms with Crippen molar-refractivity contribution in [1.82, 2.24) is 0 Å². The predicted octanol–water partition coefficient (Wildman–Crippen LogP) is 6.51. The van der Waals surface area contributed by atoms with E-state index in [0.29, 0.717) is 12.2 Å². The molecule has 0 saturated heterocycles. The monoisotopic (exact) mass is 326 g/mol. The number of hydrogen-bond acceptors (Lipinski definition) is 1. The van der Waals surface area contributed by atoms with Gasteiger partial charge in [-0.25, -0.2) is 0 Å². The lowest BCUT2D eigenvalue weighted by Gasteiger charge is -2.23. The summed E-state index contributed by atoms with van der Waals surface area (Å²) in [5.74, 6) is 0.406. The van der Waals surface area contributed by atoms with Gasteiger partial charge >= 0.3 is 0 Å². The van der Waals surface area contributed by atoms with E-state index in [0.717, 1.165) is 30.4 Å². The third-order valence-corrected chi connectivity index (χ3v) is 5.50. The van der Waals surface area contributed by atoms with Gasteiger partial charge in [-0.05, 0) is 57.1 Å². The Kier molecular flexibility index (Phi) is 4.01. The molecule has 0 aromatic heterocycles. The first-order valence-corrected chi connectivity index (χ1v) is 9.00. The van der Waals surface area contributed by atoms with Crippen LogP contribution in [0.25, 0.3) is 33.7 Å². The maximum Gasteiger partial charge on any atom is 0.140 e. The summed E-state index contributed by atoms with van der Waals surface area (Å²) in [5, 5.41) is 4.80. The number of carbonyl (C=O) groups excluding carboxylic acids is 1. The van der Waals surface area contributed by atoms with Crippen molar-refractivity contribution in [3.05, 3.63) is 72.3 Å². The second-order valence-electron chi connectivity index (χ2n) is 6.85. The SMILES string of the molecule is C=Cc1ccc2c(cc(C3CCCCC3=O)c3ccccc32)c1C=C. The Morgan fingerprint density at radius 3 is 2.36 bits per heavy atom. The Balaban J connectivity index is 2.11. The lowest BCUT2D eigenvalue weighted by molar-refractivity contribution is -0.121. The summed E-state index contributed by atoms with van der Waals surface area (Å²) in [5.41, 5.74) is 3.36.